The molecule has 4 rings (SSSR count). The Bertz CT molecular complexity index is 505. The van der Waals surface area contributed by atoms with Crippen LogP contribution in [0, 0.1) is 0 Å². The SMILES string of the molecule is c1ncc2c(n1)CCC2.c1ncc2c(n1)CCCC2. The van der Waals surface area contributed by atoms with Crippen molar-refractivity contribution in [3.05, 3.63) is 47.6 Å². The van der Waals surface area contributed by atoms with E-state index in [1.165, 1.54) is 54.6 Å². The van der Waals surface area contributed by atoms with Gasteiger partial charge in [-0.25, -0.2) is 19.9 Å². The van der Waals surface area contributed by atoms with Gasteiger partial charge in [0.15, 0.2) is 0 Å². The standard InChI is InChI=1S/C8H10N2.C7H8N2/c1-2-4-8-7(3-1)5-9-6-10-8;1-2-6-4-8-5-9-7(6)3-1/h5-6H,1-4H2;4-5H,1-3H2. The van der Waals surface area contributed by atoms with E-state index in [0.717, 1.165) is 12.8 Å². The molecule has 0 saturated heterocycles. The van der Waals surface area contributed by atoms with E-state index >= 15 is 0 Å². The Kier molecular flexibility index (Phi) is 3.77. The van der Waals surface area contributed by atoms with E-state index in [9.17, 15) is 0 Å². The van der Waals surface area contributed by atoms with E-state index in [1.54, 1.807) is 12.7 Å². The first kappa shape index (κ1) is 12.2. The van der Waals surface area contributed by atoms with Crippen molar-refractivity contribution in [3.63, 3.8) is 0 Å². The first-order chi connectivity index (χ1) is 9.43. The summed E-state index contributed by atoms with van der Waals surface area (Å²) in [7, 11) is 0. The molecule has 0 amide bonds. The number of nitrogens with zero attached hydrogens (tertiary/aromatic N) is 4. The van der Waals surface area contributed by atoms with E-state index in [0.29, 0.717) is 0 Å². The lowest BCUT2D eigenvalue weighted by molar-refractivity contribution is 0.662. The number of aromatic nitrogens is 4. The highest BCUT2D eigenvalue weighted by Crippen LogP contribution is 2.17. The average Bonchev–Trinajstić information content (AvgIpc) is 2.96. The Morgan fingerprint density at radius 1 is 0.632 bits per heavy atom. The summed E-state index contributed by atoms with van der Waals surface area (Å²) in [6.45, 7) is 0. The van der Waals surface area contributed by atoms with Gasteiger partial charge < -0.3 is 0 Å². The summed E-state index contributed by atoms with van der Waals surface area (Å²) in [5.74, 6) is 0. The molecule has 2 aliphatic rings. The van der Waals surface area contributed by atoms with Crippen LogP contribution in [0.3, 0.4) is 0 Å². The third-order valence-electron chi connectivity index (χ3n) is 3.73. The third kappa shape index (κ3) is 2.95. The van der Waals surface area contributed by atoms with Crippen molar-refractivity contribution in [1.29, 1.82) is 0 Å². The summed E-state index contributed by atoms with van der Waals surface area (Å²) in [6, 6.07) is 0. The molecule has 98 valence electrons. The normalized spacial score (nSPS) is 16.0. The summed E-state index contributed by atoms with van der Waals surface area (Å²) in [5, 5.41) is 0. The molecule has 4 nitrogen and oxygen atoms in total. The van der Waals surface area contributed by atoms with Crippen molar-refractivity contribution in [1.82, 2.24) is 19.9 Å². The molecule has 0 saturated carbocycles. The van der Waals surface area contributed by atoms with Gasteiger partial charge in [-0.3, -0.25) is 0 Å². The molecule has 2 aliphatic carbocycles. The van der Waals surface area contributed by atoms with Crippen molar-refractivity contribution in [2.75, 3.05) is 0 Å². The summed E-state index contributed by atoms with van der Waals surface area (Å²) >= 11 is 0. The van der Waals surface area contributed by atoms with Crippen molar-refractivity contribution < 1.29 is 0 Å². The Balaban J connectivity index is 0.000000117. The van der Waals surface area contributed by atoms with Crippen LogP contribution >= 0.6 is 0 Å². The molecule has 0 spiro atoms. The van der Waals surface area contributed by atoms with E-state index in [2.05, 4.69) is 19.9 Å². The molecule has 0 radical (unpaired) electrons. The molecular weight excluding hydrogens is 236 g/mol. The van der Waals surface area contributed by atoms with Crippen molar-refractivity contribution in [2.45, 2.75) is 44.9 Å². The Morgan fingerprint density at radius 2 is 1.16 bits per heavy atom. The van der Waals surface area contributed by atoms with Gasteiger partial charge in [-0.15, -0.1) is 0 Å². The van der Waals surface area contributed by atoms with Crippen LogP contribution in [0.1, 0.15) is 41.8 Å². The van der Waals surface area contributed by atoms with Crippen molar-refractivity contribution >= 4 is 0 Å². The predicted octanol–water partition coefficient (Wildman–Crippen LogP) is 2.32. The molecule has 2 heterocycles. The second-order valence-corrected chi connectivity index (χ2v) is 5.05. The van der Waals surface area contributed by atoms with E-state index < -0.39 is 0 Å². The molecule has 0 unspecified atom stereocenters. The van der Waals surface area contributed by atoms with Crippen LogP contribution in [0.15, 0.2) is 25.0 Å². The Hall–Kier alpha value is -1.84. The summed E-state index contributed by atoms with van der Waals surface area (Å²) < 4.78 is 0. The minimum absolute atomic E-state index is 1.15. The van der Waals surface area contributed by atoms with Crippen molar-refractivity contribution in [3.8, 4) is 0 Å². The van der Waals surface area contributed by atoms with Crippen LogP contribution in [0.4, 0.5) is 0 Å². The number of aryl methyl sites for hydroxylation is 4. The van der Waals surface area contributed by atoms with Gasteiger partial charge in [0, 0.05) is 23.8 Å². The summed E-state index contributed by atoms with van der Waals surface area (Å²) in [6.07, 6.45) is 15.7. The van der Waals surface area contributed by atoms with Crippen LogP contribution in [0.2, 0.25) is 0 Å². The fourth-order valence-corrected chi connectivity index (χ4v) is 2.69. The smallest absolute Gasteiger partial charge is 0.115 e. The Morgan fingerprint density at radius 3 is 1.79 bits per heavy atom. The molecule has 4 heteroatoms. The van der Waals surface area contributed by atoms with Gasteiger partial charge in [0.2, 0.25) is 0 Å². The Labute approximate surface area is 113 Å². The van der Waals surface area contributed by atoms with Crippen LogP contribution < -0.4 is 0 Å². The number of hydrogen-bond donors (Lipinski definition) is 0. The first-order valence-electron chi connectivity index (χ1n) is 6.99. The minimum atomic E-state index is 1.15. The molecule has 19 heavy (non-hydrogen) atoms. The second kappa shape index (κ2) is 5.87. The summed E-state index contributed by atoms with van der Waals surface area (Å²) in [5.41, 5.74) is 5.22. The fraction of sp³-hybridized carbons (Fsp3) is 0.467. The topological polar surface area (TPSA) is 51.6 Å². The molecule has 0 fully saturated rings. The van der Waals surface area contributed by atoms with Crippen molar-refractivity contribution in [2.24, 2.45) is 0 Å². The van der Waals surface area contributed by atoms with E-state index in [4.69, 9.17) is 0 Å². The van der Waals surface area contributed by atoms with Crippen LogP contribution in [-0.2, 0) is 25.7 Å². The van der Waals surface area contributed by atoms with Gasteiger partial charge in [0.05, 0.1) is 0 Å². The summed E-state index contributed by atoms with van der Waals surface area (Å²) in [4.78, 5) is 16.3. The van der Waals surface area contributed by atoms with Crippen LogP contribution in [0.5, 0.6) is 0 Å². The fourth-order valence-electron chi connectivity index (χ4n) is 2.69. The zero-order valence-electron chi connectivity index (χ0n) is 11.0. The highest BCUT2D eigenvalue weighted by Gasteiger charge is 2.10. The van der Waals surface area contributed by atoms with Gasteiger partial charge in [-0.2, -0.15) is 0 Å². The number of fused-ring (bicyclic) bond motifs is 2. The molecule has 2 aromatic rings. The maximum Gasteiger partial charge on any atom is 0.115 e. The lowest BCUT2D eigenvalue weighted by Crippen LogP contribution is -2.04. The third-order valence-corrected chi connectivity index (χ3v) is 3.73. The molecule has 0 bridgehead atoms. The van der Waals surface area contributed by atoms with Gasteiger partial charge in [0.25, 0.3) is 0 Å². The first-order valence-corrected chi connectivity index (χ1v) is 6.99. The average molecular weight is 254 g/mol. The minimum Gasteiger partial charge on any atom is -0.245 e. The van der Waals surface area contributed by atoms with Gasteiger partial charge in [0.1, 0.15) is 12.7 Å². The molecule has 0 aromatic carbocycles. The predicted molar refractivity (Wildman–Crippen MR) is 72.7 cm³/mol. The zero-order chi connectivity index (χ0) is 12.9. The van der Waals surface area contributed by atoms with E-state index in [-0.39, 0.29) is 0 Å². The zero-order valence-corrected chi connectivity index (χ0v) is 11.0. The largest absolute Gasteiger partial charge is 0.245 e. The highest BCUT2D eigenvalue weighted by atomic mass is 14.8. The molecule has 2 aromatic heterocycles. The molecule has 0 aliphatic heterocycles. The molecule has 0 N–H and O–H groups in total. The monoisotopic (exact) mass is 254 g/mol. The molecule has 0 atom stereocenters. The second-order valence-electron chi connectivity index (χ2n) is 5.05. The molecular formula is C15H18N4. The van der Waals surface area contributed by atoms with Crippen LogP contribution in [0.25, 0.3) is 0 Å². The van der Waals surface area contributed by atoms with Gasteiger partial charge >= 0.3 is 0 Å². The maximum absolute atomic E-state index is 4.21. The highest BCUT2D eigenvalue weighted by molar-refractivity contribution is 5.20. The van der Waals surface area contributed by atoms with Gasteiger partial charge in [-0.05, 0) is 56.1 Å². The lowest BCUT2D eigenvalue weighted by atomic mass is 9.98. The maximum atomic E-state index is 4.21. The quantitative estimate of drug-likeness (QED) is 0.724. The van der Waals surface area contributed by atoms with Gasteiger partial charge in [-0.1, -0.05) is 0 Å². The van der Waals surface area contributed by atoms with Crippen LogP contribution in [-0.4, -0.2) is 19.9 Å². The van der Waals surface area contributed by atoms with E-state index in [1.807, 2.05) is 12.4 Å². The number of hydrogen-bond acceptors (Lipinski definition) is 4. The lowest BCUT2D eigenvalue weighted by Gasteiger charge is -2.11. The number of rotatable bonds is 0.